The van der Waals surface area contributed by atoms with Crippen molar-refractivity contribution >= 4 is 29.9 Å². The lowest BCUT2D eigenvalue weighted by molar-refractivity contribution is 0.374. The minimum Gasteiger partial charge on any atom is -0.356 e. The van der Waals surface area contributed by atoms with Gasteiger partial charge >= 0.3 is 0 Å². The first-order chi connectivity index (χ1) is 11.1. The van der Waals surface area contributed by atoms with Gasteiger partial charge in [0, 0.05) is 26.6 Å². The van der Waals surface area contributed by atoms with Crippen molar-refractivity contribution in [2.45, 2.75) is 33.1 Å². The first-order valence-corrected chi connectivity index (χ1v) is 7.88. The number of guanidine groups is 1. The first-order valence-electron chi connectivity index (χ1n) is 7.88. The third-order valence-electron chi connectivity index (χ3n) is 3.65. The van der Waals surface area contributed by atoms with Gasteiger partial charge in [-0.25, -0.2) is 0 Å². The predicted octanol–water partition coefficient (Wildman–Crippen LogP) is 2.82. The second-order valence-corrected chi connectivity index (χ2v) is 5.68. The Balaban J connectivity index is 0.00000288. The summed E-state index contributed by atoms with van der Waals surface area (Å²) >= 11 is 0. The van der Waals surface area contributed by atoms with Crippen LogP contribution in [-0.2, 0) is 6.42 Å². The Labute approximate surface area is 160 Å². The molecule has 1 aromatic carbocycles. The maximum absolute atomic E-state index is 5.08. The average molecular weight is 443 g/mol. The SMILES string of the molecule is CN=C(NCCc1nc(C)no1)NCC(C)c1ccc(C)cc1.I. The van der Waals surface area contributed by atoms with Gasteiger partial charge in [-0.15, -0.1) is 24.0 Å². The molecule has 2 aromatic rings. The fraction of sp³-hybridized carbons (Fsp3) is 0.471. The van der Waals surface area contributed by atoms with Crippen molar-refractivity contribution in [2.24, 2.45) is 4.99 Å². The lowest BCUT2D eigenvalue weighted by Gasteiger charge is -2.16. The van der Waals surface area contributed by atoms with E-state index in [1.165, 1.54) is 11.1 Å². The minimum absolute atomic E-state index is 0. The highest BCUT2D eigenvalue weighted by Crippen LogP contribution is 2.14. The van der Waals surface area contributed by atoms with E-state index < -0.39 is 0 Å². The van der Waals surface area contributed by atoms with Gasteiger partial charge in [0.2, 0.25) is 5.89 Å². The van der Waals surface area contributed by atoms with Crippen LogP contribution in [0.4, 0.5) is 0 Å². The van der Waals surface area contributed by atoms with E-state index in [1.807, 2.05) is 6.92 Å². The molecule has 0 aliphatic carbocycles. The van der Waals surface area contributed by atoms with Crippen LogP contribution in [0, 0.1) is 13.8 Å². The minimum atomic E-state index is 0. The topological polar surface area (TPSA) is 75.3 Å². The number of aromatic nitrogens is 2. The van der Waals surface area contributed by atoms with Crippen LogP contribution in [0.2, 0.25) is 0 Å². The summed E-state index contributed by atoms with van der Waals surface area (Å²) in [6, 6.07) is 8.64. The standard InChI is InChI=1S/C17H25N5O.HI/c1-12-5-7-15(8-6-12)13(2)11-20-17(18-4)19-10-9-16-21-14(3)22-23-16;/h5-8,13H,9-11H2,1-4H3,(H2,18,19,20);1H. The molecule has 0 aliphatic heterocycles. The lowest BCUT2D eigenvalue weighted by atomic mass is 10.0. The average Bonchev–Trinajstić information content (AvgIpc) is 2.96. The van der Waals surface area contributed by atoms with Crippen molar-refractivity contribution in [1.82, 2.24) is 20.8 Å². The number of benzene rings is 1. The van der Waals surface area contributed by atoms with Crippen molar-refractivity contribution in [3.05, 3.63) is 47.1 Å². The number of hydrogen-bond acceptors (Lipinski definition) is 4. The van der Waals surface area contributed by atoms with Gasteiger partial charge in [0.05, 0.1) is 0 Å². The molecule has 0 saturated carbocycles. The van der Waals surface area contributed by atoms with Gasteiger partial charge in [0.15, 0.2) is 11.8 Å². The summed E-state index contributed by atoms with van der Waals surface area (Å²) in [4.78, 5) is 8.41. The highest BCUT2D eigenvalue weighted by Gasteiger charge is 2.07. The molecule has 24 heavy (non-hydrogen) atoms. The van der Waals surface area contributed by atoms with Crippen LogP contribution in [-0.4, -0.2) is 36.2 Å². The van der Waals surface area contributed by atoms with Crippen LogP contribution >= 0.6 is 24.0 Å². The fourth-order valence-corrected chi connectivity index (χ4v) is 2.21. The van der Waals surface area contributed by atoms with Crippen molar-refractivity contribution in [1.29, 1.82) is 0 Å². The van der Waals surface area contributed by atoms with Gasteiger partial charge in [-0.05, 0) is 25.3 Å². The van der Waals surface area contributed by atoms with Gasteiger partial charge in [0.25, 0.3) is 0 Å². The summed E-state index contributed by atoms with van der Waals surface area (Å²) in [7, 11) is 1.77. The maximum Gasteiger partial charge on any atom is 0.228 e. The van der Waals surface area contributed by atoms with Crippen LogP contribution in [0.3, 0.4) is 0 Å². The molecule has 6 nitrogen and oxygen atoms in total. The monoisotopic (exact) mass is 443 g/mol. The summed E-state index contributed by atoms with van der Waals surface area (Å²) in [6.07, 6.45) is 0.676. The smallest absolute Gasteiger partial charge is 0.228 e. The van der Waals surface area contributed by atoms with E-state index in [0.717, 1.165) is 12.5 Å². The second-order valence-electron chi connectivity index (χ2n) is 5.68. The molecule has 2 N–H and O–H groups in total. The summed E-state index contributed by atoms with van der Waals surface area (Å²) in [5, 5.41) is 10.4. The van der Waals surface area contributed by atoms with Gasteiger partial charge in [0.1, 0.15) is 0 Å². The predicted molar refractivity (Wildman–Crippen MR) is 107 cm³/mol. The number of nitrogens with zero attached hydrogens (tertiary/aromatic N) is 3. The molecular formula is C17H26IN5O. The molecule has 0 spiro atoms. The first kappa shape index (κ1) is 20.4. The summed E-state index contributed by atoms with van der Waals surface area (Å²) in [5.41, 5.74) is 2.60. The molecule has 1 heterocycles. The fourth-order valence-electron chi connectivity index (χ4n) is 2.21. The van der Waals surface area contributed by atoms with E-state index in [2.05, 4.69) is 63.9 Å². The Hall–Kier alpha value is -1.64. The van der Waals surface area contributed by atoms with Gasteiger partial charge < -0.3 is 15.2 Å². The van der Waals surface area contributed by atoms with Crippen molar-refractivity contribution in [3.63, 3.8) is 0 Å². The third kappa shape index (κ3) is 6.46. The third-order valence-corrected chi connectivity index (χ3v) is 3.65. The Bertz CT molecular complexity index is 639. The zero-order valence-corrected chi connectivity index (χ0v) is 17.0. The number of aryl methyl sites for hydroxylation is 2. The zero-order chi connectivity index (χ0) is 16.7. The maximum atomic E-state index is 5.08. The van der Waals surface area contributed by atoms with Gasteiger partial charge in [-0.1, -0.05) is 41.9 Å². The molecule has 1 aromatic heterocycles. The molecule has 2 rings (SSSR count). The van der Waals surface area contributed by atoms with E-state index in [4.69, 9.17) is 4.52 Å². The molecule has 132 valence electrons. The van der Waals surface area contributed by atoms with Crippen LogP contribution in [0.5, 0.6) is 0 Å². The number of rotatable bonds is 6. The molecule has 7 heteroatoms. The summed E-state index contributed by atoms with van der Waals surface area (Å²) < 4.78 is 5.08. The van der Waals surface area contributed by atoms with Crippen LogP contribution in [0.25, 0.3) is 0 Å². The number of halogens is 1. The van der Waals surface area contributed by atoms with E-state index in [0.29, 0.717) is 30.6 Å². The van der Waals surface area contributed by atoms with Crippen LogP contribution in [0.15, 0.2) is 33.8 Å². The Morgan fingerprint density at radius 3 is 2.50 bits per heavy atom. The van der Waals surface area contributed by atoms with Crippen molar-refractivity contribution < 1.29 is 4.52 Å². The Morgan fingerprint density at radius 2 is 1.92 bits per heavy atom. The van der Waals surface area contributed by atoms with Crippen LogP contribution < -0.4 is 10.6 Å². The number of hydrogen-bond donors (Lipinski definition) is 2. The van der Waals surface area contributed by atoms with Gasteiger partial charge in [-0.3, -0.25) is 4.99 Å². The van der Waals surface area contributed by atoms with Crippen molar-refractivity contribution in [2.75, 3.05) is 20.1 Å². The zero-order valence-electron chi connectivity index (χ0n) is 14.7. The van der Waals surface area contributed by atoms with Gasteiger partial charge in [-0.2, -0.15) is 4.98 Å². The number of aliphatic imine (C=N–C) groups is 1. The van der Waals surface area contributed by atoms with E-state index >= 15 is 0 Å². The lowest BCUT2D eigenvalue weighted by Crippen LogP contribution is -2.39. The molecule has 0 aliphatic rings. The Kier molecular flexibility index (Phi) is 8.73. The molecular weight excluding hydrogens is 417 g/mol. The van der Waals surface area contributed by atoms with E-state index in [1.54, 1.807) is 7.05 Å². The highest BCUT2D eigenvalue weighted by atomic mass is 127. The van der Waals surface area contributed by atoms with E-state index in [9.17, 15) is 0 Å². The van der Waals surface area contributed by atoms with Crippen molar-refractivity contribution in [3.8, 4) is 0 Å². The van der Waals surface area contributed by atoms with E-state index in [-0.39, 0.29) is 24.0 Å². The second kappa shape index (κ2) is 10.3. The summed E-state index contributed by atoms with van der Waals surface area (Å²) in [6.45, 7) is 7.63. The molecule has 1 atom stereocenters. The number of nitrogens with one attached hydrogen (secondary N) is 2. The largest absolute Gasteiger partial charge is 0.356 e. The molecule has 0 amide bonds. The highest BCUT2D eigenvalue weighted by molar-refractivity contribution is 14.0. The molecule has 0 saturated heterocycles. The summed E-state index contributed by atoms with van der Waals surface area (Å²) in [5.74, 6) is 2.49. The molecule has 0 fully saturated rings. The Morgan fingerprint density at radius 1 is 1.21 bits per heavy atom. The normalized spacial score (nSPS) is 12.4. The quantitative estimate of drug-likeness (QED) is 0.408. The molecule has 0 bridgehead atoms. The van der Waals surface area contributed by atoms with Crippen LogP contribution in [0.1, 0.15) is 35.7 Å². The molecule has 1 unspecified atom stereocenters. The molecule has 0 radical (unpaired) electrons.